The van der Waals surface area contributed by atoms with E-state index in [2.05, 4.69) is 9.97 Å². The van der Waals surface area contributed by atoms with Crippen molar-refractivity contribution in [2.45, 2.75) is 12.5 Å². The molecular formula is C24H20N4O4. The molecule has 0 fully saturated rings. The normalized spacial score (nSPS) is 18.5. The van der Waals surface area contributed by atoms with Gasteiger partial charge in [0.2, 0.25) is 0 Å². The number of hydrogen-bond acceptors (Lipinski definition) is 8. The van der Waals surface area contributed by atoms with Crippen LogP contribution in [0.2, 0.25) is 0 Å². The predicted octanol–water partition coefficient (Wildman–Crippen LogP) is 3.41. The molecule has 0 saturated heterocycles. The van der Waals surface area contributed by atoms with Crippen LogP contribution in [0, 0.1) is 0 Å². The number of aromatic nitrogens is 2. The Morgan fingerprint density at radius 2 is 1.88 bits per heavy atom. The number of aliphatic imine (C=N–C) groups is 1. The highest BCUT2D eigenvalue weighted by molar-refractivity contribution is 5.87. The molecule has 3 heterocycles. The lowest BCUT2D eigenvalue weighted by Gasteiger charge is -2.34. The van der Waals surface area contributed by atoms with Crippen LogP contribution >= 0.6 is 0 Å². The summed E-state index contributed by atoms with van der Waals surface area (Å²) in [6.45, 7) is 2.32. The maximum Gasteiger partial charge on any atom is 0.330 e. The van der Waals surface area contributed by atoms with Crippen molar-refractivity contribution < 1.29 is 19.0 Å². The lowest BCUT2D eigenvalue weighted by atomic mass is 9.80. The number of nitrogens with two attached hydrogens (primary N) is 1. The molecule has 0 bridgehead atoms. The van der Waals surface area contributed by atoms with E-state index in [1.54, 1.807) is 25.4 Å². The van der Waals surface area contributed by atoms with Gasteiger partial charge in [-0.05, 0) is 48.4 Å². The first-order valence-electron chi connectivity index (χ1n) is 10.1. The summed E-state index contributed by atoms with van der Waals surface area (Å²) in [4.78, 5) is 24.7. The van der Waals surface area contributed by atoms with Crippen LogP contribution in [0.5, 0.6) is 11.5 Å². The first-order valence-corrected chi connectivity index (χ1v) is 10.1. The highest BCUT2D eigenvalue weighted by Crippen LogP contribution is 2.51. The molecule has 3 aromatic rings. The summed E-state index contributed by atoms with van der Waals surface area (Å²) in [5.41, 5.74) is 9.33. The van der Waals surface area contributed by atoms with Gasteiger partial charge >= 0.3 is 5.97 Å². The molecular weight excluding hydrogens is 408 g/mol. The molecule has 0 radical (unpaired) electrons. The number of benzene rings is 2. The van der Waals surface area contributed by atoms with Gasteiger partial charge in [0.15, 0.2) is 5.54 Å². The fourth-order valence-electron chi connectivity index (χ4n) is 3.96. The fourth-order valence-corrected chi connectivity index (χ4v) is 3.96. The Labute approximate surface area is 184 Å². The van der Waals surface area contributed by atoms with Crippen LogP contribution in [0.25, 0.3) is 17.2 Å². The van der Waals surface area contributed by atoms with Crippen molar-refractivity contribution in [1.82, 2.24) is 9.97 Å². The first kappa shape index (κ1) is 19.7. The Bertz CT molecular complexity index is 1260. The number of fused-ring (bicyclic) bond motifs is 4. The zero-order valence-electron chi connectivity index (χ0n) is 17.3. The summed E-state index contributed by atoms with van der Waals surface area (Å²) in [6, 6.07) is 11.6. The monoisotopic (exact) mass is 428 g/mol. The summed E-state index contributed by atoms with van der Waals surface area (Å²) in [6.07, 6.45) is 8.08. The zero-order chi connectivity index (χ0) is 22.1. The second-order valence-corrected chi connectivity index (χ2v) is 7.38. The minimum atomic E-state index is -0.869. The van der Waals surface area contributed by atoms with Gasteiger partial charge < -0.3 is 19.9 Å². The van der Waals surface area contributed by atoms with Crippen molar-refractivity contribution in [1.29, 1.82) is 0 Å². The van der Waals surface area contributed by atoms with E-state index in [9.17, 15) is 4.79 Å². The molecule has 0 amide bonds. The number of esters is 1. The minimum absolute atomic E-state index is 0.115. The van der Waals surface area contributed by atoms with E-state index >= 15 is 0 Å². The molecule has 1 spiro atoms. The van der Waals surface area contributed by atoms with Crippen molar-refractivity contribution in [3.8, 4) is 22.6 Å². The SMILES string of the molecule is CCOC(=O)/C=C/c1ccc2c(c1)[C@]1(COC(N)=N1)c1cc(-c3cncnc3)ccc1O2. The maximum atomic E-state index is 11.7. The maximum absolute atomic E-state index is 11.7. The first-order chi connectivity index (χ1) is 15.6. The molecule has 5 rings (SSSR count). The van der Waals surface area contributed by atoms with Crippen LogP contribution in [-0.4, -0.2) is 35.2 Å². The van der Waals surface area contributed by atoms with E-state index in [1.807, 2.05) is 36.4 Å². The lowest BCUT2D eigenvalue weighted by molar-refractivity contribution is -0.137. The number of nitrogens with zero attached hydrogens (tertiary/aromatic N) is 3. The van der Waals surface area contributed by atoms with Crippen LogP contribution < -0.4 is 10.5 Å². The van der Waals surface area contributed by atoms with Crippen LogP contribution in [0.4, 0.5) is 0 Å². The minimum Gasteiger partial charge on any atom is -0.463 e. The Balaban J connectivity index is 1.62. The van der Waals surface area contributed by atoms with Crippen LogP contribution in [0.1, 0.15) is 23.6 Å². The number of carbonyl (C=O) groups is 1. The average Bonchev–Trinajstić information content (AvgIpc) is 3.21. The second kappa shape index (κ2) is 7.81. The molecule has 8 heteroatoms. The van der Waals surface area contributed by atoms with Gasteiger partial charge in [0, 0.05) is 35.2 Å². The van der Waals surface area contributed by atoms with Crippen LogP contribution in [-0.2, 0) is 19.8 Å². The number of amidine groups is 1. The van der Waals surface area contributed by atoms with Gasteiger partial charge in [-0.1, -0.05) is 12.1 Å². The van der Waals surface area contributed by atoms with Crippen molar-refractivity contribution in [3.63, 3.8) is 0 Å². The number of rotatable bonds is 4. The Hall–Kier alpha value is -4.20. The highest BCUT2D eigenvalue weighted by Gasteiger charge is 2.47. The summed E-state index contributed by atoms with van der Waals surface area (Å²) >= 11 is 0. The summed E-state index contributed by atoms with van der Waals surface area (Å²) in [5.74, 6) is 0.932. The van der Waals surface area contributed by atoms with Crippen molar-refractivity contribution in [3.05, 3.63) is 77.9 Å². The standard InChI is InChI=1S/C24H20N4O4/c1-2-30-22(29)8-4-15-3-6-20-18(9-15)24(13-31-23(25)28-24)19-10-16(5-7-21(19)32-20)17-11-26-14-27-12-17/h3-12,14H,2,13H2,1H3,(H2,25,28)/b8-4+/t24-/m1/s1. The zero-order valence-corrected chi connectivity index (χ0v) is 17.3. The molecule has 2 aromatic carbocycles. The van der Waals surface area contributed by atoms with Gasteiger partial charge in [-0.25, -0.2) is 19.8 Å². The van der Waals surface area contributed by atoms with Gasteiger partial charge in [0.25, 0.3) is 6.02 Å². The van der Waals surface area contributed by atoms with Gasteiger partial charge in [-0.3, -0.25) is 0 Å². The van der Waals surface area contributed by atoms with Crippen LogP contribution in [0.3, 0.4) is 0 Å². The number of carbonyl (C=O) groups excluding carboxylic acids is 1. The number of hydrogen-bond donors (Lipinski definition) is 1. The quantitative estimate of drug-likeness (QED) is 0.501. The Morgan fingerprint density at radius 3 is 2.59 bits per heavy atom. The fraction of sp³-hybridized carbons (Fsp3) is 0.167. The van der Waals surface area contributed by atoms with Gasteiger partial charge in [-0.2, -0.15) is 0 Å². The van der Waals surface area contributed by atoms with E-state index in [4.69, 9.17) is 24.9 Å². The van der Waals surface area contributed by atoms with E-state index < -0.39 is 11.5 Å². The van der Waals surface area contributed by atoms with Crippen molar-refractivity contribution in [2.75, 3.05) is 13.2 Å². The third-order valence-corrected chi connectivity index (χ3v) is 5.42. The van der Waals surface area contributed by atoms with E-state index in [1.165, 1.54) is 12.4 Å². The summed E-state index contributed by atoms with van der Waals surface area (Å²) < 4.78 is 16.8. The molecule has 1 atom stereocenters. The largest absolute Gasteiger partial charge is 0.463 e. The molecule has 2 aliphatic heterocycles. The third kappa shape index (κ3) is 3.35. The van der Waals surface area contributed by atoms with E-state index in [0.29, 0.717) is 18.1 Å². The summed E-state index contributed by atoms with van der Waals surface area (Å²) in [5, 5.41) is 0. The Morgan fingerprint density at radius 1 is 1.12 bits per heavy atom. The predicted molar refractivity (Wildman–Crippen MR) is 118 cm³/mol. The molecule has 1 aromatic heterocycles. The van der Waals surface area contributed by atoms with E-state index in [0.717, 1.165) is 27.8 Å². The molecule has 32 heavy (non-hydrogen) atoms. The lowest BCUT2D eigenvalue weighted by Crippen LogP contribution is -2.31. The smallest absolute Gasteiger partial charge is 0.330 e. The van der Waals surface area contributed by atoms with Crippen molar-refractivity contribution >= 4 is 18.1 Å². The van der Waals surface area contributed by atoms with E-state index in [-0.39, 0.29) is 12.6 Å². The molecule has 8 nitrogen and oxygen atoms in total. The van der Waals surface area contributed by atoms with Gasteiger partial charge in [-0.15, -0.1) is 0 Å². The average molecular weight is 428 g/mol. The molecule has 2 N–H and O–H groups in total. The number of ether oxygens (including phenoxy) is 3. The molecule has 0 saturated carbocycles. The molecule has 2 aliphatic rings. The molecule has 160 valence electrons. The third-order valence-electron chi connectivity index (χ3n) is 5.42. The Kier molecular flexibility index (Phi) is 4.82. The van der Waals surface area contributed by atoms with Crippen LogP contribution in [0.15, 0.2) is 66.2 Å². The van der Waals surface area contributed by atoms with Crippen molar-refractivity contribution in [2.24, 2.45) is 10.7 Å². The second-order valence-electron chi connectivity index (χ2n) is 7.38. The topological polar surface area (TPSA) is 109 Å². The summed E-state index contributed by atoms with van der Waals surface area (Å²) in [7, 11) is 0. The van der Waals surface area contributed by atoms with Gasteiger partial charge in [0.1, 0.15) is 24.4 Å². The molecule has 0 aliphatic carbocycles. The molecule has 0 unspecified atom stereocenters. The highest BCUT2D eigenvalue weighted by atomic mass is 16.5. The van der Waals surface area contributed by atoms with Gasteiger partial charge in [0.05, 0.1) is 6.61 Å².